The van der Waals surface area contributed by atoms with Gasteiger partial charge in [0.1, 0.15) is 23.7 Å². The maximum absolute atomic E-state index is 11.2. The van der Waals surface area contributed by atoms with Gasteiger partial charge in [-0.15, -0.1) is 0 Å². The predicted molar refractivity (Wildman–Crippen MR) is 131 cm³/mol. The second-order valence-corrected chi connectivity index (χ2v) is 9.37. The minimum Gasteiger partial charge on any atom is -0.494 e. The standard InChI is InChI=1S/C26H32ClN3O4/c1-20-7-8-23(27)24(15-20)34-19-26(32)18-29(13-9-25(26)31)17-21-5-2-6-22(16-21)33-14-4-12-30-11-3-10-28-30/h2-3,5-8,10-11,15-16,25,31-32H,4,9,12-14,17-19H2,1H3/t25-,26+/m1/s1. The fourth-order valence-corrected chi connectivity index (χ4v) is 4.36. The van der Waals surface area contributed by atoms with E-state index in [1.807, 2.05) is 60.3 Å². The monoisotopic (exact) mass is 485 g/mol. The molecule has 1 aliphatic heterocycles. The van der Waals surface area contributed by atoms with Crippen molar-refractivity contribution >= 4 is 11.6 Å². The van der Waals surface area contributed by atoms with E-state index >= 15 is 0 Å². The first-order chi connectivity index (χ1) is 16.4. The van der Waals surface area contributed by atoms with Crippen molar-refractivity contribution in [3.8, 4) is 11.5 Å². The van der Waals surface area contributed by atoms with Crippen LogP contribution < -0.4 is 9.47 Å². The highest BCUT2D eigenvalue weighted by molar-refractivity contribution is 6.32. The lowest BCUT2D eigenvalue weighted by atomic mass is 9.90. The Labute approximate surface area is 205 Å². The maximum atomic E-state index is 11.2. The molecular weight excluding hydrogens is 454 g/mol. The van der Waals surface area contributed by atoms with Crippen LogP contribution in [-0.2, 0) is 13.1 Å². The molecule has 7 nitrogen and oxygen atoms in total. The van der Waals surface area contributed by atoms with Crippen molar-refractivity contribution in [2.45, 2.75) is 44.6 Å². The van der Waals surface area contributed by atoms with Gasteiger partial charge in [-0.1, -0.05) is 29.8 Å². The van der Waals surface area contributed by atoms with Crippen LogP contribution in [0, 0.1) is 6.92 Å². The molecule has 1 saturated heterocycles. The van der Waals surface area contributed by atoms with Gasteiger partial charge in [-0.05, 0) is 54.8 Å². The molecule has 34 heavy (non-hydrogen) atoms. The summed E-state index contributed by atoms with van der Waals surface area (Å²) in [4.78, 5) is 2.13. The number of aryl methyl sites for hydroxylation is 2. The Hall–Kier alpha value is -2.58. The smallest absolute Gasteiger partial charge is 0.138 e. The number of hydrogen-bond acceptors (Lipinski definition) is 6. The van der Waals surface area contributed by atoms with Crippen LogP contribution in [0.1, 0.15) is 24.0 Å². The van der Waals surface area contributed by atoms with Crippen molar-refractivity contribution in [2.24, 2.45) is 0 Å². The second kappa shape index (κ2) is 11.2. The first-order valence-electron chi connectivity index (χ1n) is 11.6. The van der Waals surface area contributed by atoms with E-state index in [0.29, 0.717) is 43.4 Å². The van der Waals surface area contributed by atoms with E-state index in [1.54, 1.807) is 12.3 Å². The zero-order chi connectivity index (χ0) is 24.0. The van der Waals surface area contributed by atoms with Crippen LogP contribution >= 0.6 is 11.6 Å². The Morgan fingerprint density at radius 3 is 2.88 bits per heavy atom. The van der Waals surface area contributed by atoms with Crippen molar-refractivity contribution < 1.29 is 19.7 Å². The Morgan fingerprint density at radius 2 is 2.06 bits per heavy atom. The van der Waals surface area contributed by atoms with Crippen molar-refractivity contribution in [3.05, 3.63) is 77.1 Å². The molecule has 0 spiro atoms. The Kier molecular flexibility index (Phi) is 8.11. The van der Waals surface area contributed by atoms with Gasteiger partial charge in [0.25, 0.3) is 0 Å². The highest BCUT2D eigenvalue weighted by Gasteiger charge is 2.42. The van der Waals surface area contributed by atoms with Gasteiger partial charge in [-0.2, -0.15) is 5.10 Å². The van der Waals surface area contributed by atoms with Gasteiger partial charge in [0, 0.05) is 45.0 Å². The summed E-state index contributed by atoms with van der Waals surface area (Å²) in [5.74, 6) is 1.33. The molecule has 4 rings (SSSR count). The van der Waals surface area contributed by atoms with Crippen molar-refractivity contribution in [2.75, 3.05) is 26.3 Å². The van der Waals surface area contributed by atoms with Crippen LogP contribution in [0.25, 0.3) is 0 Å². The largest absolute Gasteiger partial charge is 0.494 e. The minimum atomic E-state index is -1.38. The molecule has 1 aromatic heterocycles. The third kappa shape index (κ3) is 6.51. The quantitative estimate of drug-likeness (QED) is 0.426. The summed E-state index contributed by atoms with van der Waals surface area (Å²) in [7, 11) is 0. The molecule has 0 saturated carbocycles. The van der Waals surface area contributed by atoms with Crippen LogP contribution in [-0.4, -0.2) is 62.9 Å². The van der Waals surface area contributed by atoms with E-state index < -0.39 is 11.7 Å². The van der Waals surface area contributed by atoms with Gasteiger partial charge in [0.15, 0.2) is 0 Å². The van der Waals surface area contributed by atoms with Crippen molar-refractivity contribution in [1.82, 2.24) is 14.7 Å². The fourth-order valence-electron chi connectivity index (χ4n) is 4.19. The number of aliphatic hydroxyl groups is 2. The summed E-state index contributed by atoms with van der Waals surface area (Å²) in [6.07, 6.45) is 4.18. The molecular formula is C26H32ClN3O4. The van der Waals surface area contributed by atoms with Crippen LogP contribution in [0.3, 0.4) is 0 Å². The molecule has 3 aromatic rings. The molecule has 2 atom stereocenters. The number of likely N-dealkylation sites (tertiary alicyclic amines) is 1. The number of piperidine rings is 1. The summed E-state index contributed by atoms with van der Waals surface area (Å²) in [6.45, 7) is 4.97. The Morgan fingerprint density at radius 1 is 1.18 bits per heavy atom. The highest BCUT2D eigenvalue weighted by Crippen LogP contribution is 2.29. The molecule has 2 N–H and O–H groups in total. The molecule has 0 aliphatic carbocycles. The average Bonchev–Trinajstić information content (AvgIpc) is 3.34. The number of hydrogen-bond donors (Lipinski definition) is 2. The molecule has 0 unspecified atom stereocenters. The Bertz CT molecular complexity index is 1060. The molecule has 0 amide bonds. The average molecular weight is 486 g/mol. The summed E-state index contributed by atoms with van der Waals surface area (Å²) in [5.41, 5.74) is 0.720. The number of β-amino-alcohol motifs (C(OH)–C–C–N with tert-alkyl or cyclic N) is 1. The third-order valence-corrected chi connectivity index (χ3v) is 6.38. The van der Waals surface area contributed by atoms with E-state index in [-0.39, 0.29) is 6.61 Å². The molecule has 2 aromatic carbocycles. The molecule has 1 aliphatic rings. The number of rotatable bonds is 10. The van der Waals surface area contributed by atoms with E-state index in [4.69, 9.17) is 21.1 Å². The lowest BCUT2D eigenvalue weighted by Gasteiger charge is -2.42. The van der Waals surface area contributed by atoms with Crippen LogP contribution in [0.4, 0.5) is 0 Å². The van der Waals surface area contributed by atoms with E-state index in [1.165, 1.54) is 0 Å². The number of aliphatic hydroxyl groups excluding tert-OH is 1. The number of benzene rings is 2. The van der Waals surface area contributed by atoms with Crippen molar-refractivity contribution in [1.29, 1.82) is 0 Å². The number of nitrogens with zero attached hydrogens (tertiary/aromatic N) is 3. The first kappa shape index (κ1) is 24.5. The van der Waals surface area contributed by atoms with Gasteiger partial charge < -0.3 is 19.7 Å². The maximum Gasteiger partial charge on any atom is 0.138 e. The second-order valence-electron chi connectivity index (χ2n) is 8.96. The normalized spacial score (nSPS) is 20.9. The predicted octanol–water partition coefficient (Wildman–Crippen LogP) is 3.69. The zero-order valence-electron chi connectivity index (χ0n) is 19.4. The van der Waals surface area contributed by atoms with Crippen LogP contribution in [0.2, 0.25) is 5.02 Å². The molecule has 0 radical (unpaired) electrons. The topological polar surface area (TPSA) is 80.0 Å². The van der Waals surface area contributed by atoms with Crippen LogP contribution in [0.15, 0.2) is 60.9 Å². The van der Waals surface area contributed by atoms with E-state index in [2.05, 4.69) is 10.00 Å². The Balaban J connectivity index is 1.31. The van der Waals surface area contributed by atoms with Crippen LogP contribution in [0.5, 0.6) is 11.5 Å². The summed E-state index contributed by atoms with van der Waals surface area (Å²) >= 11 is 6.22. The minimum absolute atomic E-state index is 0.0345. The molecule has 1 fully saturated rings. The van der Waals surface area contributed by atoms with Gasteiger partial charge in [-0.25, -0.2) is 0 Å². The lowest BCUT2D eigenvalue weighted by molar-refractivity contribution is -0.140. The number of aromatic nitrogens is 2. The summed E-state index contributed by atoms with van der Waals surface area (Å²) < 4.78 is 13.6. The number of ether oxygens (including phenoxy) is 2. The summed E-state index contributed by atoms with van der Waals surface area (Å²) in [6, 6.07) is 15.4. The summed E-state index contributed by atoms with van der Waals surface area (Å²) in [5, 5.41) is 26.4. The van der Waals surface area contributed by atoms with Gasteiger partial charge in [0.05, 0.1) is 17.7 Å². The zero-order valence-corrected chi connectivity index (χ0v) is 20.2. The van der Waals surface area contributed by atoms with Gasteiger partial charge >= 0.3 is 0 Å². The first-order valence-corrected chi connectivity index (χ1v) is 12.0. The van der Waals surface area contributed by atoms with E-state index in [0.717, 1.165) is 29.8 Å². The fraction of sp³-hybridized carbons (Fsp3) is 0.423. The van der Waals surface area contributed by atoms with Crippen molar-refractivity contribution in [3.63, 3.8) is 0 Å². The molecule has 8 heteroatoms. The third-order valence-electron chi connectivity index (χ3n) is 6.06. The molecule has 2 heterocycles. The molecule has 182 valence electrons. The number of halogens is 1. The highest BCUT2D eigenvalue weighted by atomic mass is 35.5. The van der Waals surface area contributed by atoms with Gasteiger partial charge in [-0.3, -0.25) is 9.58 Å². The van der Waals surface area contributed by atoms with Gasteiger partial charge in [0.2, 0.25) is 0 Å². The SMILES string of the molecule is Cc1ccc(Cl)c(OC[C@@]2(O)CN(Cc3cccc(OCCCn4cccn4)c3)CC[C@H]2O)c1. The molecule has 0 bridgehead atoms. The lowest BCUT2D eigenvalue weighted by Crippen LogP contribution is -2.59. The van der Waals surface area contributed by atoms with E-state index in [9.17, 15) is 10.2 Å².